The van der Waals surface area contributed by atoms with Gasteiger partial charge in [-0.15, -0.1) is 0 Å². The molecule has 2 aromatic carbocycles. The minimum Gasteiger partial charge on any atom is -0.361 e. The first-order chi connectivity index (χ1) is 12.6. The summed E-state index contributed by atoms with van der Waals surface area (Å²) in [6.45, 7) is 1.41. The first-order valence-corrected chi connectivity index (χ1v) is 8.89. The summed E-state index contributed by atoms with van der Waals surface area (Å²) in [5.41, 5.74) is 2.85. The van der Waals surface area contributed by atoms with Crippen LogP contribution in [0.3, 0.4) is 0 Å². The van der Waals surface area contributed by atoms with Gasteiger partial charge >= 0.3 is 0 Å². The van der Waals surface area contributed by atoms with Crippen molar-refractivity contribution >= 4 is 16.8 Å². The maximum Gasteiger partial charge on any atom is 0.226 e. The van der Waals surface area contributed by atoms with E-state index in [2.05, 4.69) is 4.98 Å². The molecule has 0 aliphatic carbocycles. The molecule has 1 saturated heterocycles. The Morgan fingerprint density at radius 3 is 2.46 bits per heavy atom. The summed E-state index contributed by atoms with van der Waals surface area (Å²) in [5, 5.41) is 1.06. The normalized spacial score (nSPS) is 15.5. The minimum atomic E-state index is -0.291. The monoisotopic (exact) mass is 354 g/mol. The average Bonchev–Trinajstić information content (AvgIpc) is 3.06. The number of carbonyl (C=O) groups is 1. The van der Waals surface area contributed by atoms with Crippen LogP contribution >= 0.6 is 0 Å². The van der Waals surface area contributed by atoms with Crippen LogP contribution < -0.4 is 0 Å². The number of nitrogens with zero attached hydrogens (tertiary/aromatic N) is 1. The second kappa shape index (κ2) is 6.90. The number of likely N-dealkylation sites (tertiary alicyclic amines) is 1. The maximum atomic E-state index is 13.3. The van der Waals surface area contributed by atoms with Crippen LogP contribution in [0.4, 0.5) is 8.78 Å². The molecule has 3 nitrogen and oxygen atoms in total. The van der Waals surface area contributed by atoms with Gasteiger partial charge in [-0.3, -0.25) is 4.79 Å². The third-order valence-corrected chi connectivity index (χ3v) is 5.23. The summed E-state index contributed by atoms with van der Waals surface area (Å²) in [4.78, 5) is 17.5. The number of nitrogens with one attached hydrogen (secondary N) is 1. The molecule has 1 N–H and O–H groups in total. The molecule has 0 atom stereocenters. The van der Waals surface area contributed by atoms with Gasteiger partial charge in [0.1, 0.15) is 11.6 Å². The van der Waals surface area contributed by atoms with Crippen LogP contribution in [0.1, 0.15) is 29.9 Å². The molecule has 1 aromatic heterocycles. The standard InChI is InChI=1S/C21H20F2N2O/c22-16-3-1-14(2-4-16)11-21(26)25-9-7-15(8-10-25)19-13-24-20-12-17(23)5-6-18(19)20/h1-6,12-13,15,24H,7-11H2. The highest BCUT2D eigenvalue weighted by molar-refractivity contribution is 5.84. The van der Waals surface area contributed by atoms with Gasteiger partial charge in [-0.1, -0.05) is 12.1 Å². The third-order valence-electron chi connectivity index (χ3n) is 5.23. The molecule has 4 rings (SSSR count). The highest BCUT2D eigenvalue weighted by atomic mass is 19.1. The lowest BCUT2D eigenvalue weighted by Gasteiger charge is -2.32. The molecule has 0 radical (unpaired) electrons. The van der Waals surface area contributed by atoms with Crippen molar-refractivity contribution in [3.05, 3.63) is 71.4 Å². The molecule has 1 aliphatic heterocycles. The van der Waals surface area contributed by atoms with E-state index in [1.807, 2.05) is 17.2 Å². The summed E-state index contributed by atoms with van der Waals surface area (Å²) in [7, 11) is 0. The smallest absolute Gasteiger partial charge is 0.226 e. The predicted molar refractivity (Wildman–Crippen MR) is 96.9 cm³/mol. The fraction of sp³-hybridized carbons (Fsp3) is 0.286. The number of amides is 1. The lowest BCUT2D eigenvalue weighted by molar-refractivity contribution is -0.131. The van der Waals surface area contributed by atoms with Crippen LogP contribution in [0, 0.1) is 11.6 Å². The first-order valence-electron chi connectivity index (χ1n) is 8.89. The van der Waals surface area contributed by atoms with E-state index in [4.69, 9.17) is 0 Å². The Kier molecular flexibility index (Phi) is 4.45. The van der Waals surface area contributed by atoms with Crippen molar-refractivity contribution in [1.29, 1.82) is 0 Å². The van der Waals surface area contributed by atoms with E-state index in [0.29, 0.717) is 25.4 Å². The van der Waals surface area contributed by atoms with E-state index < -0.39 is 0 Å². The number of aromatic amines is 1. The second-order valence-electron chi connectivity index (χ2n) is 6.89. The summed E-state index contributed by atoms with van der Waals surface area (Å²) in [6, 6.07) is 10.9. The van der Waals surface area contributed by atoms with Crippen molar-refractivity contribution in [2.75, 3.05) is 13.1 Å². The molecule has 0 saturated carbocycles. The first kappa shape index (κ1) is 16.8. The lowest BCUT2D eigenvalue weighted by Crippen LogP contribution is -2.38. The number of hydrogen-bond acceptors (Lipinski definition) is 1. The summed E-state index contributed by atoms with van der Waals surface area (Å²) in [6.07, 6.45) is 4.04. The largest absolute Gasteiger partial charge is 0.361 e. The molecule has 1 aliphatic rings. The Balaban J connectivity index is 1.40. The number of aromatic nitrogens is 1. The Bertz CT molecular complexity index is 925. The van der Waals surface area contributed by atoms with E-state index in [9.17, 15) is 13.6 Å². The van der Waals surface area contributed by atoms with Gasteiger partial charge in [0.15, 0.2) is 0 Å². The number of fused-ring (bicyclic) bond motifs is 1. The van der Waals surface area contributed by atoms with Crippen LogP contribution in [-0.4, -0.2) is 28.9 Å². The molecule has 0 unspecified atom stereocenters. The van der Waals surface area contributed by atoms with Crippen molar-refractivity contribution in [3.63, 3.8) is 0 Å². The summed E-state index contributed by atoms with van der Waals surface area (Å²) >= 11 is 0. The number of rotatable bonds is 3. The van der Waals surface area contributed by atoms with Crippen molar-refractivity contribution < 1.29 is 13.6 Å². The molecule has 0 spiro atoms. The van der Waals surface area contributed by atoms with Crippen molar-refractivity contribution in [3.8, 4) is 0 Å². The number of carbonyl (C=O) groups excluding carboxylic acids is 1. The van der Waals surface area contributed by atoms with Gasteiger partial charge in [-0.2, -0.15) is 0 Å². The fourth-order valence-corrected chi connectivity index (χ4v) is 3.79. The van der Waals surface area contributed by atoms with Crippen LogP contribution in [-0.2, 0) is 11.2 Å². The van der Waals surface area contributed by atoms with Crippen LogP contribution in [0.25, 0.3) is 10.9 Å². The summed E-state index contributed by atoms with van der Waals surface area (Å²) in [5.74, 6) is -0.0899. The number of hydrogen-bond donors (Lipinski definition) is 1. The van der Waals surface area contributed by atoms with Gasteiger partial charge in [0.05, 0.1) is 6.42 Å². The third kappa shape index (κ3) is 3.34. The molecule has 26 heavy (non-hydrogen) atoms. The zero-order chi connectivity index (χ0) is 18.1. The molecular weight excluding hydrogens is 334 g/mol. The van der Waals surface area contributed by atoms with E-state index in [0.717, 1.165) is 29.3 Å². The average molecular weight is 354 g/mol. The SMILES string of the molecule is O=C(Cc1ccc(F)cc1)N1CCC(c2c[nH]c3cc(F)ccc23)CC1. The van der Waals surface area contributed by atoms with Gasteiger partial charge < -0.3 is 9.88 Å². The van der Waals surface area contributed by atoms with E-state index in [1.165, 1.54) is 29.8 Å². The Morgan fingerprint density at radius 2 is 1.73 bits per heavy atom. The Hall–Kier alpha value is -2.69. The second-order valence-corrected chi connectivity index (χ2v) is 6.89. The molecule has 134 valence electrons. The lowest BCUT2D eigenvalue weighted by atomic mass is 9.89. The molecule has 5 heteroatoms. The maximum absolute atomic E-state index is 13.3. The topological polar surface area (TPSA) is 36.1 Å². The zero-order valence-corrected chi connectivity index (χ0v) is 14.3. The minimum absolute atomic E-state index is 0.0797. The molecule has 0 bridgehead atoms. The van der Waals surface area contributed by atoms with Gasteiger partial charge in [0.25, 0.3) is 0 Å². The molecule has 1 fully saturated rings. The van der Waals surface area contributed by atoms with E-state index in [1.54, 1.807) is 12.1 Å². The van der Waals surface area contributed by atoms with Gasteiger partial charge in [-0.25, -0.2) is 8.78 Å². The van der Waals surface area contributed by atoms with Gasteiger partial charge in [-0.05, 0) is 60.2 Å². The van der Waals surface area contributed by atoms with Crippen LogP contribution in [0.2, 0.25) is 0 Å². The molecule has 1 amide bonds. The number of benzene rings is 2. The van der Waals surface area contributed by atoms with Crippen LogP contribution in [0.15, 0.2) is 48.7 Å². The van der Waals surface area contributed by atoms with E-state index >= 15 is 0 Å². The van der Waals surface area contributed by atoms with E-state index in [-0.39, 0.29) is 17.5 Å². The molecule has 2 heterocycles. The number of piperidine rings is 1. The fourth-order valence-electron chi connectivity index (χ4n) is 3.79. The number of halogens is 2. The highest BCUT2D eigenvalue weighted by Gasteiger charge is 2.25. The van der Waals surface area contributed by atoms with Gasteiger partial charge in [0, 0.05) is 30.2 Å². The molecule has 3 aromatic rings. The van der Waals surface area contributed by atoms with Crippen molar-refractivity contribution in [1.82, 2.24) is 9.88 Å². The Morgan fingerprint density at radius 1 is 1.04 bits per heavy atom. The predicted octanol–water partition coefficient (Wildman–Crippen LogP) is 4.39. The highest BCUT2D eigenvalue weighted by Crippen LogP contribution is 2.33. The van der Waals surface area contributed by atoms with Crippen molar-refractivity contribution in [2.45, 2.75) is 25.2 Å². The number of H-pyrrole nitrogens is 1. The Labute approximate surface area is 150 Å². The summed E-state index contributed by atoms with van der Waals surface area (Å²) < 4.78 is 26.3. The van der Waals surface area contributed by atoms with Gasteiger partial charge in [0.2, 0.25) is 5.91 Å². The van der Waals surface area contributed by atoms with Crippen LogP contribution in [0.5, 0.6) is 0 Å². The quantitative estimate of drug-likeness (QED) is 0.744. The van der Waals surface area contributed by atoms with Crippen molar-refractivity contribution in [2.24, 2.45) is 0 Å². The molecular formula is C21H20F2N2O. The zero-order valence-electron chi connectivity index (χ0n) is 14.3.